The number of thiophene rings is 1. The first-order chi connectivity index (χ1) is 14.5. The Bertz CT molecular complexity index is 972. The number of nitrogens with zero attached hydrogens (tertiary/aromatic N) is 2. The number of likely N-dealkylation sites (tertiary alicyclic amines) is 1. The highest BCUT2D eigenvalue weighted by Crippen LogP contribution is 2.34. The highest BCUT2D eigenvalue weighted by atomic mass is 32.2. The number of rotatable bonds is 6. The van der Waals surface area contributed by atoms with Crippen LogP contribution in [0.15, 0.2) is 46.0 Å². The average molecular weight is 450 g/mol. The summed E-state index contributed by atoms with van der Waals surface area (Å²) in [5.41, 5.74) is 1.75. The van der Waals surface area contributed by atoms with Gasteiger partial charge in [-0.1, -0.05) is 6.07 Å². The molecule has 0 spiro atoms. The zero-order chi connectivity index (χ0) is 21.1. The van der Waals surface area contributed by atoms with E-state index in [1.807, 2.05) is 6.92 Å². The largest absolute Gasteiger partial charge is 0.379 e. The number of ether oxygens (including phenoxy) is 1. The number of benzene rings is 1. The van der Waals surface area contributed by atoms with Crippen molar-refractivity contribution in [1.29, 1.82) is 0 Å². The highest BCUT2D eigenvalue weighted by molar-refractivity contribution is 7.89. The van der Waals surface area contributed by atoms with E-state index in [0.29, 0.717) is 32.0 Å². The van der Waals surface area contributed by atoms with Crippen LogP contribution in [0.4, 0.5) is 5.69 Å². The van der Waals surface area contributed by atoms with Crippen LogP contribution in [-0.4, -0.2) is 62.4 Å². The minimum absolute atomic E-state index is 0.127. The number of sulfonamides is 1. The summed E-state index contributed by atoms with van der Waals surface area (Å²) in [6, 6.07) is 8.56. The maximum absolute atomic E-state index is 13.0. The number of anilines is 1. The maximum atomic E-state index is 13.0. The lowest BCUT2D eigenvalue weighted by Gasteiger charge is -2.29. The van der Waals surface area contributed by atoms with Crippen molar-refractivity contribution in [3.05, 3.63) is 46.7 Å². The molecule has 0 saturated carbocycles. The molecule has 4 rings (SSSR count). The third kappa shape index (κ3) is 4.45. The van der Waals surface area contributed by atoms with Crippen molar-refractivity contribution in [3.63, 3.8) is 0 Å². The van der Waals surface area contributed by atoms with Gasteiger partial charge in [0.1, 0.15) is 0 Å². The van der Waals surface area contributed by atoms with Crippen molar-refractivity contribution in [3.8, 4) is 0 Å². The Hall–Kier alpha value is -1.78. The lowest BCUT2D eigenvalue weighted by atomic mass is 10.1. The van der Waals surface area contributed by atoms with Gasteiger partial charge in [-0.15, -0.1) is 0 Å². The van der Waals surface area contributed by atoms with Crippen LogP contribution in [-0.2, 0) is 19.6 Å². The molecule has 2 fully saturated rings. The molecule has 2 aliphatic heterocycles. The molecule has 1 N–H and O–H groups in total. The number of hydrogen-bond donors (Lipinski definition) is 1. The summed E-state index contributed by atoms with van der Waals surface area (Å²) in [7, 11) is -3.60. The Kier molecular flexibility index (Phi) is 6.54. The van der Waals surface area contributed by atoms with E-state index >= 15 is 0 Å². The van der Waals surface area contributed by atoms with Gasteiger partial charge in [0.05, 0.1) is 24.2 Å². The molecular formula is C21H27N3O4S2. The summed E-state index contributed by atoms with van der Waals surface area (Å²) in [5.74, 6) is -0.127. The van der Waals surface area contributed by atoms with E-state index in [4.69, 9.17) is 4.74 Å². The fourth-order valence-electron chi connectivity index (χ4n) is 4.14. The van der Waals surface area contributed by atoms with Gasteiger partial charge in [-0.2, -0.15) is 15.6 Å². The van der Waals surface area contributed by atoms with E-state index in [1.54, 1.807) is 29.5 Å². The molecule has 3 heterocycles. The molecule has 0 radical (unpaired) electrons. The second kappa shape index (κ2) is 9.15. The SMILES string of the molecule is C[C@@H](C(=O)Nc1cccc(S(=O)(=O)N2CCOCC2)c1)N1CCC[C@H]1c1ccsc1. The molecule has 2 aliphatic rings. The second-order valence-electron chi connectivity index (χ2n) is 7.66. The summed E-state index contributed by atoms with van der Waals surface area (Å²) in [6.07, 6.45) is 2.10. The second-order valence-corrected chi connectivity index (χ2v) is 10.4. The van der Waals surface area contributed by atoms with Gasteiger partial charge in [0, 0.05) is 24.8 Å². The van der Waals surface area contributed by atoms with Gasteiger partial charge in [0.25, 0.3) is 0 Å². The monoisotopic (exact) mass is 449 g/mol. The standard InChI is InChI=1S/C21H27N3O4S2/c1-16(24-8-3-6-20(24)17-7-13-29-15-17)21(25)22-18-4-2-5-19(14-18)30(26,27)23-9-11-28-12-10-23/h2,4-5,7,13-16,20H,3,6,8-12H2,1H3,(H,22,25)/t16-,20-/m0/s1. The topological polar surface area (TPSA) is 79.0 Å². The number of nitrogens with one attached hydrogen (secondary N) is 1. The molecule has 162 valence electrons. The van der Waals surface area contributed by atoms with Crippen LogP contribution in [0.1, 0.15) is 31.4 Å². The van der Waals surface area contributed by atoms with Crippen LogP contribution in [0, 0.1) is 0 Å². The molecule has 0 unspecified atom stereocenters. The van der Waals surface area contributed by atoms with Gasteiger partial charge < -0.3 is 10.1 Å². The molecule has 1 amide bonds. The molecule has 0 bridgehead atoms. The summed E-state index contributed by atoms with van der Waals surface area (Å²) in [4.78, 5) is 15.4. The van der Waals surface area contributed by atoms with E-state index < -0.39 is 10.0 Å². The zero-order valence-electron chi connectivity index (χ0n) is 17.0. The molecule has 0 aliphatic carbocycles. The first-order valence-corrected chi connectivity index (χ1v) is 12.6. The summed E-state index contributed by atoms with van der Waals surface area (Å²) in [5, 5.41) is 7.13. The van der Waals surface area contributed by atoms with Crippen molar-refractivity contribution < 1.29 is 17.9 Å². The van der Waals surface area contributed by atoms with E-state index in [2.05, 4.69) is 27.0 Å². The molecule has 2 saturated heterocycles. The third-order valence-electron chi connectivity index (χ3n) is 5.81. The van der Waals surface area contributed by atoms with Crippen LogP contribution in [0.25, 0.3) is 0 Å². The minimum Gasteiger partial charge on any atom is -0.379 e. The molecule has 2 aromatic rings. The first-order valence-electron chi connectivity index (χ1n) is 10.2. The van der Waals surface area contributed by atoms with Crippen LogP contribution < -0.4 is 5.32 Å². The van der Waals surface area contributed by atoms with Crippen molar-refractivity contribution in [2.75, 3.05) is 38.2 Å². The Balaban J connectivity index is 1.46. The molecule has 2 atom stereocenters. The highest BCUT2D eigenvalue weighted by Gasteiger charge is 2.33. The maximum Gasteiger partial charge on any atom is 0.243 e. The van der Waals surface area contributed by atoms with Crippen molar-refractivity contribution in [1.82, 2.24) is 9.21 Å². The predicted octanol–water partition coefficient (Wildman–Crippen LogP) is 2.93. The lowest BCUT2D eigenvalue weighted by Crippen LogP contribution is -2.41. The quantitative estimate of drug-likeness (QED) is 0.734. The summed E-state index contributed by atoms with van der Waals surface area (Å²) in [6.45, 7) is 4.27. The molecular weight excluding hydrogens is 422 g/mol. The van der Waals surface area contributed by atoms with Gasteiger partial charge in [0.15, 0.2) is 0 Å². The van der Waals surface area contributed by atoms with Crippen LogP contribution in [0.3, 0.4) is 0 Å². The fourth-order valence-corrected chi connectivity index (χ4v) is 6.30. The number of hydrogen-bond acceptors (Lipinski definition) is 6. The van der Waals surface area contributed by atoms with E-state index in [9.17, 15) is 13.2 Å². The van der Waals surface area contributed by atoms with E-state index in [1.165, 1.54) is 15.9 Å². The minimum atomic E-state index is -3.60. The van der Waals surface area contributed by atoms with E-state index in [0.717, 1.165) is 19.4 Å². The normalized spacial score (nSPS) is 22.1. The summed E-state index contributed by atoms with van der Waals surface area (Å²) >= 11 is 1.67. The molecule has 1 aromatic heterocycles. The van der Waals surface area contributed by atoms with E-state index in [-0.39, 0.29) is 22.9 Å². The lowest BCUT2D eigenvalue weighted by molar-refractivity contribution is -0.121. The number of carbonyl (C=O) groups excluding carboxylic acids is 1. The van der Waals surface area contributed by atoms with Crippen LogP contribution in [0.2, 0.25) is 0 Å². The van der Waals surface area contributed by atoms with Gasteiger partial charge in [-0.25, -0.2) is 8.42 Å². The van der Waals surface area contributed by atoms with Gasteiger partial charge in [-0.05, 0) is 66.9 Å². The molecule has 1 aromatic carbocycles. The summed E-state index contributed by atoms with van der Waals surface area (Å²) < 4.78 is 32.5. The van der Waals surface area contributed by atoms with Crippen molar-refractivity contribution in [2.45, 2.75) is 36.7 Å². The number of morpholine rings is 1. The van der Waals surface area contributed by atoms with Gasteiger partial charge in [-0.3, -0.25) is 9.69 Å². The van der Waals surface area contributed by atoms with Gasteiger partial charge in [0.2, 0.25) is 15.9 Å². The molecule has 7 nitrogen and oxygen atoms in total. The number of amides is 1. The average Bonchev–Trinajstić information content (AvgIpc) is 3.45. The fraction of sp³-hybridized carbons (Fsp3) is 0.476. The van der Waals surface area contributed by atoms with Gasteiger partial charge >= 0.3 is 0 Å². The predicted molar refractivity (Wildman–Crippen MR) is 117 cm³/mol. The van der Waals surface area contributed by atoms with Crippen molar-refractivity contribution >= 4 is 33.0 Å². The smallest absolute Gasteiger partial charge is 0.243 e. The van der Waals surface area contributed by atoms with Crippen LogP contribution >= 0.6 is 11.3 Å². The Morgan fingerprint density at radius 1 is 1.23 bits per heavy atom. The Morgan fingerprint density at radius 3 is 2.77 bits per heavy atom. The third-order valence-corrected chi connectivity index (χ3v) is 8.40. The van der Waals surface area contributed by atoms with Crippen LogP contribution in [0.5, 0.6) is 0 Å². The first kappa shape index (κ1) is 21.5. The molecule has 9 heteroatoms. The Morgan fingerprint density at radius 2 is 2.03 bits per heavy atom. The Labute approximate surface area is 181 Å². The van der Waals surface area contributed by atoms with Crippen molar-refractivity contribution in [2.24, 2.45) is 0 Å². The zero-order valence-corrected chi connectivity index (χ0v) is 18.6. The molecule has 30 heavy (non-hydrogen) atoms. The number of carbonyl (C=O) groups is 1.